The summed E-state index contributed by atoms with van der Waals surface area (Å²) in [6, 6.07) is 10.7. The molecule has 0 saturated carbocycles. The summed E-state index contributed by atoms with van der Waals surface area (Å²) in [6.45, 7) is 5.41. The first-order chi connectivity index (χ1) is 7.79. The maximum Gasteiger partial charge on any atom is 0.119 e. The molecule has 1 rings (SSSR count). The molecule has 0 atom stereocenters. The average Bonchev–Trinajstić information content (AvgIpc) is 2.29. The summed E-state index contributed by atoms with van der Waals surface area (Å²) < 4.78 is 5.61. The van der Waals surface area contributed by atoms with E-state index < -0.39 is 0 Å². The topological polar surface area (TPSA) is 9.23 Å². The van der Waals surface area contributed by atoms with Gasteiger partial charge in [0, 0.05) is 0 Å². The molecule has 0 aliphatic rings. The Morgan fingerprint density at radius 1 is 1.06 bits per heavy atom. The second kappa shape index (κ2) is 8.20. The highest BCUT2D eigenvalue weighted by Gasteiger charge is 1.95. The van der Waals surface area contributed by atoms with Crippen molar-refractivity contribution in [1.29, 1.82) is 0 Å². The zero-order chi connectivity index (χ0) is 11.6. The van der Waals surface area contributed by atoms with E-state index >= 15 is 0 Å². The summed E-state index contributed by atoms with van der Waals surface area (Å²) in [5.74, 6) is 1.80. The Hall–Kier alpha value is -0.980. The van der Waals surface area contributed by atoms with Gasteiger partial charge in [-0.2, -0.15) is 0 Å². The highest BCUT2D eigenvalue weighted by molar-refractivity contribution is 5.20. The molecule has 1 heteroatoms. The molecule has 0 aliphatic heterocycles. The van der Waals surface area contributed by atoms with Gasteiger partial charge in [-0.05, 0) is 30.5 Å². The molecular formula is C15H23O. The van der Waals surface area contributed by atoms with Crippen molar-refractivity contribution in [3.8, 4) is 5.75 Å². The molecule has 1 nitrogen and oxygen atoms in total. The van der Waals surface area contributed by atoms with Crippen molar-refractivity contribution < 1.29 is 4.74 Å². The largest absolute Gasteiger partial charge is 0.494 e. The maximum absolute atomic E-state index is 5.61. The fourth-order valence-electron chi connectivity index (χ4n) is 1.67. The molecular weight excluding hydrogens is 196 g/mol. The maximum atomic E-state index is 5.61. The quantitative estimate of drug-likeness (QED) is 0.586. The van der Waals surface area contributed by atoms with E-state index in [4.69, 9.17) is 4.74 Å². The number of rotatable bonds is 8. The van der Waals surface area contributed by atoms with Crippen LogP contribution in [0.15, 0.2) is 24.3 Å². The normalized spacial score (nSPS) is 10.7. The lowest BCUT2D eigenvalue weighted by Gasteiger charge is -2.06. The van der Waals surface area contributed by atoms with Gasteiger partial charge in [-0.15, -0.1) is 0 Å². The van der Waals surface area contributed by atoms with Gasteiger partial charge < -0.3 is 4.74 Å². The summed E-state index contributed by atoms with van der Waals surface area (Å²) in [5, 5.41) is 0. The van der Waals surface area contributed by atoms with Crippen LogP contribution in [0.3, 0.4) is 0 Å². The second-order valence-corrected chi connectivity index (χ2v) is 4.68. The number of ether oxygens (including phenoxy) is 1. The molecule has 0 fully saturated rings. The van der Waals surface area contributed by atoms with Gasteiger partial charge in [0.2, 0.25) is 0 Å². The van der Waals surface area contributed by atoms with E-state index in [2.05, 4.69) is 19.9 Å². The highest BCUT2D eigenvalue weighted by atomic mass is 16.5. The predicted octanol–water partition coefficient (Wildman–Crippen LogP) is 4.47. The van der Waals surface area contributed by atoms with Crippen LogP contribution in [-0.2, 0) is 0 Å². The summed E-state index contributed by atoms with van der Waals surface area (Å²) >= 11 is 0. The third-order valence-electron chi connectivity index (χ3n) is 2.63. The van der Waals surface area contributed by atoms with Crippen LogP contribution < -0.4 is 4.74 Å². The lowest BCUT2D eigenvalue weighted by molar-refractivity contribution is 0.304. The Kier molecular flexibility index (Phi) is 6.71. The minimum atomic E-state index is 0.839. The molecule has 0 heterocycles. The summed E-state index contributed by atoms with van der Waals surface area (Å²) in [7, 11) is 0. The third-order valence-corrected chi connectivity index (χ3v) is 2.63. The van der Waals surface area contributed by atoms with Gasteiger partial charge in [0.05, 0.1) is 6.61 Å². The third kappa shape index (κ3) is 6.49. The minimum absolute atomic E-state index is 0.839. The Balaban J connectivity index is 1.93. The predicted molar refractivity (Wildman–Crippen MR) is 68.7 cm³/mol. The highest BCUT2D eigenvalue weighted by Crippen LogP contribution is 2.11. The second-order valence-electron chi connectivity index (χ2n) is 4.68. The van der Waals surface area contributed by atoms with Crippen molar-refractivity contribution in [3.05, 3.63) is 30.3 Å². The molecule has 1 aromatic carbocycles. The van der Waals surface area contributed by atoms with Crippen molar-refractivity contribution in [3.63, 3.8) is 0 Å². The summed E-state index contributed by atoms with van der Waals surface area (Å²) in [5.41, 5.74) is 0. The van der Waals surface area contributed by atoms with E-state index in [-0.39, 0.29) is 0 Å². The molecule has 1 aromatic rings. The van der Waals surface area contributed by atoms with Crippen molar-refractivity contribution in [2.75, 3.05) is 6.61 Å². The van der Waals surface area contributed by atoms with Crippen LogP contribution in [0.25, 0.3) is 0 Å². The van der Waals surface area contributed by atoms with Gasteiger partial charge in [0.1, 0.15) is 5.75 Å². The molecule has 89 valence electrons. The van der Waals surface area contributed by atoms with E-state index in [0.29, 0.717) is 0 Å². The summed E-state index contributed by atoms with van der Waals surface area (Å²) in [6.07, 6.45) is 6.50. The van der Waals surface area contributed by atoms with Crippen molar-refractivity contribution >= 4 is 0 Å². The zero-order valence-electron chi connectivity index (χ0n) is 10.5. The Labute approximate surface area is 99.8 Å². The van der Waals surface area contributed by atoms with Crippen LogP contribution in [0.1, 0.15) is 46.0 Å². The van der Waals surface area contributed by atoms with Gasteiger partial charge in [0.25, 0.3) is 0 Å². The van der Waals surface area contributed by atoms with Gasteiger partial charge >= 0.3 is 0 Å². The Bertz CT molecular complexity index is 253. The molecule has 0 N–H and O–H groups in total. The average molecular weight is 219 g/mol. The molecule has 16 heavy (non-hydrogen) atoms. The Morgan fingerprint density at radius 3 is 2.44 bits per heavy atom. The monoisotopic (exact) mass is 219 g/mol. The van der Waals surface area contributed by atoms with Crippen LogP contribution in [0.5, 0.6) is 5.75 Å². The van der Waals surface area contributed by atoms with Gasteiger partial charge in [-0.25, -0.2) is 0 Å². The fourth-order valence-corrected chi connectivity index (χ4v) is 1.67. The first-order valence-corrected chi connectivity index (χ1v) is 6.38. The van der Waals surface area contributed by atoms with Crippen LogP contribution in [0.4, 0.5) is 0 Å². The number of benzene rings is 1. The molecule has 0 amide bonds. The van der Waals surface area contributed by atoms with E-state index in [1.54, 1.807) is 0 Å². The Morgan fingerprint density at radius 2 is 1.75 bits per heavy atom. The molecule has 0 bridgehead atoms. The van der Waals surface area contributed by atoms with Crippen molar-refractivity contribution in [1.82, 2.24) is 0 Å². The SMILES string of the molecule is CC(C)CCCCCCOc1cc[c]cc1. The molecule has 0 aromatic heterocycles. The molecule has 0 spiro atoms. The van der Waals surface area contributed by atoms with Gasteiger partial charge in [0.15, 0.2) is 0 Å². The van der Waals surface area contributed by atoms with Crippen molar-refractivity contribution in [2.24, 2.45) is 5.92 Å². The summed E-state index contributed by atoms with van der Waals surface area (Å²) in [4.78, 5) is 0. The van der Waals surface area contributed by atoms with Crippen LogP contribution in [0.2, 0.25) is 0 Å². The molecule has 0 unspecified atom stereocenters. The standard InChI is InChI=1S/C15H23O/c1-14(2)10-6-3-4-9-13-16-15-11-7-5-8-12-15/h7-8,11-12,14H,3-4,6,9-10,13H2,1-2H3. The van der Waals surface area contributed by atoms with Gasteiger partial charge in [-0.1, -0.05) is 51.7 Å². The lowest BCUT2D eigenvalue weighted by atomic mass is 10.0. The zero-order valence-corrected chi connectivity index (χ0v) is 10.5. The number of unbranched alkanes of at least 4 members (excludes halogenated alkanes) is 3. The van der Waals surface area contributed by atoms with Gasteiger partial charge in [-0.3, -0.25) is 0 Å². The number of hydrogen-bond acceptors (Lipinski definition) is 1. The van der Waals surface area contributed by atoms with E-state index in [1.165, 1.54) is 25.7 Å². The first-order valence-electron chi connectivity index (χ1n) is 6.38. The van der Waals surface area contributed by atoms with E-state index in [0.717, 1.165) is 24.7 Å². The van der Waals surface area contributed by atoms with Crippen molar-refractivity contribution in [2.45, 2.75) is 46.0 Å². The lowest BCUT2D eigenvalue weighted by Crippen LogP contribution is -1.97. The first kappa shape index (κ1) is 13.1. The molecule has 1 radical (unpaired) electrons. The molecule has 0 saturated heterocycles. The minimum Gasteiger partial charge on any atom is -0.494 e. The van der Waals surface area contributed by atoms with Crippen LogP contribution >= 0.6 is 0 Å². The van der Waals surface area contributed by atoms with E-state index in [1.807, 2.05) is 24.3 Å². The molecule has 0 aliphatic carbocycles. The van der Waals surface area contributed by atoms with Crippen LogP contribution in [0, 0.1) is 12.0 Å². The fraction of sp³-hybridized carbons (Fsp3) is 0.600. The number of hydrogen-bond donors (Lipinski definition) is 0. The van der Waals surface area contributed by atoms with Crippen LogP contribution in [-0.4, -0.2) is 6.61 Å². The van der Waals surface area contributed by atoms with E-state index in [9.17, 15) is 0 Å². The smallest absolute Gasteiger partial charge is 0.119 e.